The van der Waals surface area contributed by atoms with Crippen molar-refractivity contribution in [3.8, 4) is 0 Å². The van der Waals surface area contributed by atoms with Gasteiger partial charge < -0.3 is 10.2 Å². The normalized spacial score (nSPS) is 37.4. The van der Waals surface area contributed by atoms with E-state index < -0.39 is 7.26 Å². The molecule has 2 heterocycles. The molecule has 2 aliphatic rings. The van der Waals surface area contributed by atoms with Crippen LogP contribution < -0.4 is 0 Å². The molecule has 0 aromatic heterocycles. The molecule has 0 amide bonds. The third-order valence-electron chi connectivity index (χ3n) is 4.14. The van der Waals surface area contributed by atoms with Crippen LogP contribution in [-0.4, -0.2) is 34.2 Å². The Hall–Kier alpha value is 0.350. The van der Waals surface area contributed by atoms with Gasteiger partial charge in [0.1, 0.15) is 0 Å². The van der Waals surface area contributed by atoms with E-state index in [2.05, 4.69) is 0 Å². The third-order valence-corrected chi connectivity index (χ3v) is 9.13. The van der Waals surface area contributed by atoms with E-state index in [0.717, 1.165) is 0 Å². The molecule has 2 nitrogen and oxygen atoms in total. The van der Waals surface area contributed by atoms with Crippen molar-refractivity contribution in [3.63, 3.8) is 0 Å². The van der Waals surface area contributed by atoms with E-state index in [-0.39, 0.29) is 0 Å². The Morgan fingerprint density at radius 1 is 0.846 bits per heavy atom. The second-order valence-electron chi connectivity index (χ2n) is 4.56. The number of hydrogen-bond acceptors (Lipinski definition) is 2. The van der Waals surface area contributed by atoms with Crippen LogP contribution in [-0.2, 0) is 0 Å². The Balaban J connectivity index is 2.23. The van der Waals surface area contributed by atoms with E-state index in [1.807, 2.05) is 0 Å². The van der Waals surface area contributed by atoms with Crippen LogP contribution in [0.5, 0.6) is 0 Å². The van der Waals surface area contributed by atoms with Gasteiger partial charge in [-0.25, -0.2) is 0 Å². The summed E-state index contributed by atoms with van der Waals surface area (Å²) in [5.74, 6) is 0. The molecule has 0 aliphatic carbocycles. The number of aliphatic hydroxyl groups excluding tert-OH is 2. The highest BCUT2D eigenvalue weighted by atomic mass is 31.2. The van der Waals surface area contributed by atoms with Gasteiger partial charge in [-0.15, -0.1) is 0 Å². The quantitative estimate of drug-likeness (QED) is 0.674. The minimum atomic E-state index is -1.36. The molecule has 2 aliphatic heterocycles. The first-order valence-corrected chi connectivity index (χ1v) is 7.71. The highest BCUT2D eigenvalue weighted by molar-refractivity contribution is 7.77. The Morgan fingerprint density at radius 2 is 1.31 bits per heavy atom. The zero-order valence-corrected chi connectivity index (χ0v) is 9.05. The lowest BCUT2D eigenvalue weighted by Crippen LogP contribution is -2.19. The summed E-state index contributed by atoms with van der Waals surface area (Å²) in [6, 6.07) is 0. The molecule has 76 valence electrons. The van der Waals surface area contributed by atoms with Gasteiger partial charge >= 0.3 is 0 Å². The summed E-state index contributed by atoms with van der Waals surface area (Å²) < 4.78 is 0. The minimum Gasteiger partial charge on any atom is -0.362 e. The Labute approximate surface area is 80.7 Å². The molecule has 2 saturated heterocycles. The van der Waals surface area contributed by atoms with Crippen LogP contribution in [0.15, 0.2) is 0 Å². The monoisotopic (exact) mass is 203 g/mol. The average molecular weight is 203 g/mol. The van der Waals surface area contributed by atoms with Crippen molar-refractivity contribution >= 4 is 7.26 Å². The molecule has 2 atom stereocenters. The van der Waals surface area contributed by atoms with Crippen molar-refractivity contribution in [1.29, 1.82) is 0 Å². The first-order valence-electron chi connectivity index (χ1n) is 5.41. The summed E-state index contributed by atoms with van der Waals surface area (Å²) in [5.41, 5.74) is 1.41. The van der Waals surface area contributed by atoms with E-state index in [4.69, 9.17) is 0 Å². The summed E-state index contributed by atoms with van der Waals surface area (Å²) in [4.78, 5) is 0. The number of fused-ring (bicyclic) bond motifs is 2. The summed E-state index contributed by atoms with van der Waals surface area (Å²) in [5, 5.41) is 19.1. The topological polar surface area (TPSA) is 40.5 Å². The fourth-order valence-corrected chi connectivity index (χ4v) is 7.60. The number of hydrogen-bond donors (Lipinski definition) is 2. The van der Waals surface area contributed by atoms with Crippen LogP contribution in [0.3, 0.4) is 0 Å². The zero-order chi connectivity index (χ0) is 9.31. The molecule has 0 spiro atoms. The smallest absolute Gasteiger partial charge is 0.156 e. The van der Waals surface area contributed by atoms with Gasteiger partial charge in [0.15, 0.2) is 12.7 Å². The number of aliphatic hydroxyl groups is 2. The zero-order valence-electron chi connectivity index (χ0n) is 8.15. The van der Waals surface area contributed by atoms with Gasteiger partial charge in [-0.05, 0) is 38.5 Å². The summed E-state index contributed by atoms with van der Waals surface area (Å²) in [6.45, 7) is 0. The lowest BCUT2D eigenvalue weighted by atomic mass is 10.0. The van der Waals surface area contributed by atoms with Crippen LogP contribution in [0.4, 0.5) is 0 Å². The summed E-state index contributed by atoms with van der Waals surface area (Å²) >= 11 is 0. The second kappa shape index (κ2) is 3.84. The van der Waals surface area contributed by atoms with Crippen LogP contribution >= 0.6 is 7.26 Å². The summed E-state index contributed by atoms with van der Waals surface area (Å²) in [7, 11) is -1.36. The van der Waals surface area contributed by atoms with Gasteiger partial charge in [-0.2, -0.15) is 0 Å². The fraction of sp³-hybridized carbons (Fsp3) is 1.00. The number of rotatable bonds is 2. The Morgan fingerprint density at radius 3 is 1.69 bits per heavy atom. The van der Waals surface area contributed by atoms with Crippen molar-refractivity contribution in [1.82, 2.24) is 0 Å². The predicted octanol–water partition coefficient (Wildman–Crippen LogP) is 2.01. The maximum absolute atomic E-state index is 9.54. The Kier molecular flexibility index (Phi) is 2.92. The largest absolute Gasteiger partial charge is 0.362 e. The molecule has 3 heteroatoms. The predicted molar refractivity (Wildman–Crippen MR) is 56.4 cm³/mol. The van der Waals surface area contributed by atoms with Crippen LogP contribution in [0, 0.1) is 0 Å². The molecule has 0 radical (unpaired) electrons. The van der Waals surface area contributed by atoms with Crippen molar-refractivity contribution in [2.75, 3.05) is 12.7 Å². The van der Waals surface area contributed by atoms with E-state index >= 15 is 0 Å². The van der Waals surface area contributed by atoms with Gasteiger partial charge in [-0.3, -0.25) is 0 Å². The lowest BCUT2D eigenvalue weighted by Gasteiger charge is -2.28. The van der Waals surface area contributed by atoms with Gasteiger partial charge in [-0.1, -0.05) is 0 Å². The molecular formula is C10H20O2P+. The molecule has 2 rings (SSSR count). The fourth-order valence-electron chi connectivity index (χ4n) is 3.27. The molecule has 0 saturated carbocycles. The third kappa shape index (κ3) is 1.44. The van der Waals surface area contributed by atoms with Gasteiger partial charge in [0.2, 0.25) is 0 Å². The maximum Gasteiger partial charge on any atom is 0.156 e. The molecule has 13 heavy (non-hydrogen) atoms. The first kappa shape index (κ1) is 9.89. The molecule has 0 aromatic carbocycles. The lowest BCUT2D eigenvalue weighted by molar-refractivity contribution is 0.334. The van der Waals surface area contributed by atoms with Crippen LogP contribution in [0.25, 0.3) is 0 Å². The molecule has 2 fully saturated rings. The second-order valence-corrected chi connectivity index (χ2v) is 8.79. The maximum atomic E-state index is 9.54. The van der Waals surface area contributed by atoms with Crippen molar-refractivity contribution < 1.29 is 10.2 Å². The average Bonchev–Trinajstić information content (AvgIpc) is 2.36. The van der Waals surface area contributed by atoms with Gasteiger partial charge in [0, 0.05) is 0 Å². The summed E-state index contributed by atoms with van der Waals surface area (Å²) in [6.07, 6.45) is 8.35. The van der Waals surface area contributed by atoms with Gasteiger partial charge in [0.25, 0.3) is 0 Å². The standard InChI is InChI=1S/C10H20O2P/c11-7-13(8-12)9-3-1-2-4-10(13)6-5-9/h9-12H,1-8H2/q+1. The van der Waals surface area contributed by atoms with Crippen molar-refractivity contribution in [2.45, 2.75) is 49.8 Å². The minimum absolute atomic E-state index is 0.304. The van der Waals surface area contributed by atoms with E-state index in [1.54, 1.807) is 0 Å². The molecule has 2 N–H and O–H groups in total. The van der Waals surface area contributed by atoms with Crippen LogP contribution in [0.2, 0.25) is 0 Å². The van der Waals surface area contributed by atoms with Gasteiger partial charge in [0.05, 0.1) is 18.6 Å². The first-order chi connectivity index (χ1) is 6.33. The molecule has 2 bridgehead atoms. The Bertz CT molecular complexity index is 164. The van der Waals surface area contributed by atoms with E-state index in [9.17, 15) is 10.2 Å². The van der Waals surface area contributed by atoms with Crippen molar-refractivity contribution in [3.05, 3.63) is 0 Å². The van der Waals surface area contributed by atoms with E-state index in [1.165, 1.54) is 38.5 Å². The van der Waals surface area contributed by atoms with E-state index in [0.29, 0.717) is 24.0 Å². The SMILES string of the molecule is OC[P+]1(CO)C2CCCCC1CC2. The molecule has 0 aromatic rings. The van der Waals surface area contributed by atoms with Crippen molar-refractivity contribution in [2.24, 2.45) is 0 Å². The molecule has 2 unspecified atom stereocenters. The van der Waals surface area contributed by atoms with Crippen LogP contribution in [0.1, 0.15) is 38.5 Å². The highest BCUT2D eigenvalue weighted by Crippen LogP contribution is 2.74. The molecular weight excluding hydrogens is 183 g/mol. The highest BCUT2D eigenvalue weighted by Gasteiger charge is 2.56.